The number of carboxylic acids is 1. The fourth-order valence-corrected chi connectivity index (χ4v) is 2.26. The van der Waals surface area contributed by atoms with Gasteiger partial charge in [0.1, 0.15) is 5.75 Å². The van der Waals surface area contributed by atoms with E-state index in [2.05, 4.69) is 5.32 Å². The molecule has 5 nitrogen and oxygen atoms in total. The number of hydrogen-bond acceptors (Lipinski definition) is 3. The minimum atomic E-state index is -0.947. The summed E-state index contributed by atoms with van der Waals surface area (Å²) in [4.78, 5) is 23.2. The van der Waals surface area contributed by atoms with E-state index >= 15 is 0 Å². The Bertz CT molecular complexity index is 532. The summed E-state index contributed by atoms with van der Waals surface area (Å²) in [5, 5.41) is 21.4. The molecule has 0 heterocycles. The summed E-state index contributed by atoms with van der Waals surface area (Å²) in [7, 11) is 0. The molecule has 1 unspecified atom stereocenters. The lowest BCUT2D eigenvalue weighted by Gasteiger charge is -2.26. The second-order valence-corrected chi connectivity index (χ2v) is 6.48. The van der Waals surface area contributed by atoms with Gasteiger partial charge in [0.25, 0.3) is 5.91 Å². The zero-order chi connectivity index (χ0) is 16.2. The van der Waals surface area contributed by atoms with Gasteiger partial charge in [-0.3, -0.25) is 9.59 Å². The highest BCUT2D eigenvalue weighted by Crippen LogP contribution is 2.23. The molecule has 0 aliphatic heterocycles. The molecular weight excluding hydrogens is 270 g/mol. The van der Waals surface area contributed by atoms with Gasteiger partial charge in [-0.25, -0.2) is 0 Å². The van der Waals surface area contributed by atoms with Crippen molar-refractivity contribution in [2.75, 3.05) is 0 Å². The highest BCUT2D eigenvalue weighted by molar-refractivity contribution is 5.96. The predicted octanol–water partition coefficient (Wildman–Crippen LogP) is 2.71. The lowest BCUT2D eigenvalue weighted by Crippen LogP contribution is -2.39. The Morgan fingerprint density at radius 2 is 1.90 bits per heavy atom. The van der Waals surface area contributed by atoms with Gasteiger partial charge in [-0.05, 0) is 30.9 Å². The minimum Gasteiger partial charge on any atom is -0.508 e. The van der Waals surface area contributed by atoms with Crippen molar-refractivity contribution in [3.63, 3.8) is 0 Å². The van der Waals surface area contributed by atoms with E-state index in [0.29, 0.717) is 17.5 Å². The van der Waals surface area contributed by atoms with E-state index in [4.69, 9.17) is 5.11 Å². The molecule has 0 saturated heterocycles. The van der Waals surface area contributed by atoms with Crippen molar-refractivity contribution in [2.24, 2.45) is 5.41 Å². The van der Waals surface area contributed by atoms with Gasteiger partial charge >= 0.3 is 5.97 Å². The number of carboxylic acid groups (broad SMARTS) is 1. The van der Waals surface area contributed by atoms with Crippen molar-refractivity contribution in [1.82, 2.24) is 5.32 Å². The summed E-state index contributed by atoms with van der Waals surface area (Å²) in [5.74, 6) is -1.26. The molecule has 1 atom stereocenters. The normalized spacial score (nSPS) is 12.8. The molecule has 0 spiro atoms. The SMILES string of the molecule is Cc1c(O)cccc1C(=O)NC(CC(=O)O)CC(C)(C)C. The van der Waals surface area contributed by atoms with Crippen LogP contribution in [0.5, 0.6) is 5.75 Å². The number of carbonyl (C=O) groups is 2. The number of hydrogen-bond donors (Lipinski definition) is 3. The van der Waals surface area contributed by atoms with E-state index < -0.39 is 12.0 Å². The fraction of sp³-hybridized carbons (Fsp3) is 0.500. The number of carbonyl (C=O) groups excluding carboxylic acids is 1. The van der Waals surface area contributed by atoms with E-state index in [1.54, 1.807) is 19.1 Å². The molecule has 116 valence electrons. The first kappa shape index (κ1) is 17.0. The quantitative estimate of drug-likeness (QED) is 0.779. The third-order valence-electron chi connectivity index (χ3n) is 3.16. The molecule has 0 fully saturated rings. The summed E-state index contributed by atoms with van der Waals surface area (Å²) in [6, 6.07) is 4.26. The van der Waals surface area contributed by atoms with Gasteiger partial charge in [-0.1, -0.05) is 26.8 Å². The molecule has 0 aromatic heterocycles. The van der Waals surface area contributed by atoms with Gasteiger partial charge < -0.3 is 15.5 Å². The Morgan fingerprint density at radius 1 is 1.29 bits per heavy atom. The van der Waals surface area contributed by atoms with E-state index in [0.717, 1.165) is 0 Å². The second-order valence-electron chi connectivity index (χ2n) is 6.48. The van der Waals surface area contributed by atoms with Crippen molar-refractivity contribution in [3.05, 3.63) is 29.3 Å². The number of aromatic hydroxyl groups is 1. The van der Waals surface area contributed by atoms with Crippen LogP contribution < -0.4 is 5.32 Å². The van der Waals surface area contributed by atoms with Crippen LogP contribution in [0.15, 0.2) is 18.2 Å². The molecule has 3 N–H and O–H groups in total. The summed E-state index contributed by atoms with van der Waals surface area (Å²) in [6.07, 6.45) is 0.434. The van der Waals surface area contributed by atoms with Crippen LogP contribution in [0.1, 0.15) is 49.5 Å². The minimum absolute atomic E-state index is 0.0493. The van der Waals surface area contributed by atoms with Crippen molar-refractivity contribution in [2.45, 2.75) is 46.6 Å². The zero-order valence-corrected chi connectivity index (χ0v) is 12.9. The van der Waals surface area contributed by atoms with Crippen LogP contribution in [0, 0.1) is 12.3 Å². The molecule has 0 bridgehead atoms. The number of amides is 1. The van der Waals surface area contributed by atoms with E-state index in [-0.39, 0.29) is 23.5 Å². The fourth-order valence-electron chi connectivity index (χ4n) is 2.26. The first-order valence-electron chi connectivity index (χ1n) is 6.91. The molecule has 0 radical (unpaired) electrons. The third-order valence-corrected chi connectivity index (χ3v) is 3.16. The van der Waals surface area contributed by atoms with E-state index in [1.807, 2.05) is 20.8 Å². The Hall–Kier alpha value is -2.04. The van der Waals surface area contributed by atoms with Crippen molar-refractivity contribution >= 4 is 11.9 Å². The number of rotatable bonds is 5. The number of nitrogens with one attached hydrogen (secondary N) is 1. The number of phenolic OH excluding ortho intramolecular Hbond substituents is 1. The largest absolute Gasteiger partial charge is 0.508 e. The molecule has 21 heavy (non-hydrogen) atoms. The summed E-state index contributed by atoms with van der Waals surface area (Å²) >= 11 is 0. The topological polar surface area (TPSA) is 86.6 Å². The zero-order valence-electron chi connectivity index (χ0n) is 12.9. The van der Waals surface area contributed by atoms with E-state index in [1.165, 1.54) is 6.07 Å². The van der Waals surface area contributed by atoms with Crippen LogP contribution in [0.4, 0.5) is 0 Å². The average Bonchev–Trinajstić information content (AvgIpc) is 2.29. The molecule has 0 aliphatic carbocycles. The first-order chi connectivity index (χ1) is 9.60. The Balaban J connectivity index is 2.89. The van der Waals surface area contributed by atoms with Gasteiger partial charge in [-0.2, -0.15) is 0 Å². The van der Waals surface area contributed by atoms with Gasteiger partial charge in [0.2, 0.25) is 0 Å². The lowest BCUT2D eigenvalue weighted by atomic mass is 9.87. The summed E-state index contributed by atoms with van der Waals surface area (Å²) in [5.41, 5.74) is 0.750. The van der Waals surface area contributed by atoms with Gasteiger partial charge in [0, 0.05) is 17.2 Å². The Morgan fingerprint density at radius 3 is 2.43 bits per heavy atom. The second kappa shape index (κ2) is 6.61. The third kappa shape index (κ3) is 5.45. The smallest absolute Gasteiger partial charge is 0.305 e. The van der Waals surface area contributed by atoms with Crippen LogP contribution in [-0.2, 0) is 4.79 Å². The molecule has 1 aromatic carbocycles. The van der Waals surface area contributed by atoms with Crippen LogP contribution in [0.3, 0.4) is 0 Å². The van der Waals surface area contributed by atoms with E-state index in [9.17, 15) is 14.7 Å². The van der Waals surface area contributed by atoms with Gasteiger partial charge in [0.05, 0.1) is 6.42 Å². The van der Waals surface area contributed by atoms with Crippen LogP contribution >= 0.6 is 0 Å². The summed E-state index contributed by atoms with van der Waals surface area (Å²) in [6.45, 7) is 7.63. The number of aliphatic carboxylic acids is 1. The first-order valence-corrected chi connectivity index (χ1v) is 6.91. The standard InChI is InChI=1S/C16H23NO4/c1-10-12(6-5-7-13(10)18)15(21)17-11(8-14(19)20)9-16(2,3)4/h5-7,11,18H,8-9H2,1-4H3,(H,17,21)(H,19,20). The maximum Gasteiger partial charge on any atom is 0.305 e. The molecule has 1 aromatic rings. The molecule has 1 amide bonds. The van der Waals surface area contributed by atoms with Crippen LogP contribution in [0.2, 0.25) is 0 Å². The highest BCUT2D eigenvalue weighted by atomic mass is 16.4. The van der Waals surface area contributed by atoms with Crippen LogP contribution in [0.25, 0.3) is 0 Å². The van der Waals surface area contributed by atoms with Crippen LogP contribution in [-0.4, -0.2) is 28.1 Å². The highest BCUT2D eigenvalue weighted by Gasteiger charge is 2.24. The Labute approximate surface area is 125 Å². The van der Waals surface area contributed by atoms with Gasteiger partial charge in [0.15, 0.2) is 0 Å². The maximum absolute atomic E-state index is 12.3. The predicted molar refractivity (Wildman–Crippen MR) is 80.4 cm³/mol. The Kier molecular flexibility index (Phi) is 5.35. The molecule has 0 aliphatic rings. The van der Waals surface area contributed by atoms with Crippen molar-refractivity contribution < 1.29 is 19.8 Å². The molecule has 5 heteroatoms. The van der Waals surface area contributed by atoms with Crippen molar-refractivity contribution in [3.8, 4) is 5.75 Å². The maximum atomic E-state index is 12.3. The lowest BCUT2D eigenvalue weighted by molar-refractivity contribution is -0.137. The summed E-state index contributed by atoms with van der Waals surface area (Å²) < 4.78 is 0. The monoisotopic (exact) mass is 293 g/mol. The molecule has 0 saturated carbocycles. The van der Waals surface area contributed by atoms with Gasteiger partial charge in [-0.15, -0.1) is 0 Å². The molecular formula is C16H23NO4. The van der Waals surface area contributed by atoms with Crippen molar-refractivity contribution in [1.29, 1.82) is 0 Å². The number of phenols is 1. The number of benzene rings is 1. The average molecular weight is 293 g/mol. The molecule has 1 rings (SSSR count).